The Morgan fingerprint density at radius 3 is 2.71 bits per heavy atom. The Bertz CT molecular complexity index is 303. The topological polar surface area (TPSA) is 51.8 Å². The molecule has 0 aliphatic heterocycles. The van der Waals surface area contributed by atoms with E-state index in [0.29, 0.717) is 0 Å². The Labute approximate surface area is 85.1 Å². The van der Waals surface area contributed by atoms with Crippen molar-refractivity contribution in [2.45, 2.75) is 32.7 Å². The SMILES string of the molecule is C=C(CC)CC(N)c1cnc(C)cn1. The van der Waals surface area contributed by atoms with Gasteiger partial charge in [0.25, 0.3) is 0 Å². The van der Waals surface area contributed by atoms with E-state index in [0.717, 1.165) is 29.8 Å². The maximum absolute atomic E-state index is 5.96. The third-order valence-corrected chi connectivity index (χ3v) is 2.19. The molecule has 14 heavy (non-hydrogen) atoms. The van der Waals surface area contributed by atoms with Crippen LogP contribution in [-0.4, -0.2) is 9.97 Å². The summed E-state index contributed by atoms with van der Waals surface area (Å²) < 4.78 is 0. The molecule has 0 saturated carbocycles. The Morgan fingerprint density at radius 1 is 1.50 bits per heavy atom. The molecule has 3 nitrogen and oxygen atoms in total. The third kappa shape index (κ3) is 2.92. The molecule has 0 radical (unpaired) electrons. The van der Waals surface area contributed by atoms with Gasteiger partial charge in [0.1, 0.15) is 0 Å². The predicted octanol–water partition coefficient (Wildman–Crippen LogP) is 2.14. The zero-order valence-electron chi connectivity index (χ0n) is 8.83. The van der Waals surface area contributed by atoms with E-state index in [1.54, 1.807) is 12.4 Å². The lowest BCUT2D eigenvalue weighted by Crippen LogP contribution is -2.13. The lowest BCUT2D eigenvalue weighted by molar-refractivity contribution is 0.673. The van der Waals surface area contributed by atoms with Crippen molar-refractivity contribution in [2.24, 2.45) is 5.73 Å². The number of hydrogen-bond donors (Lipinski definition) is 1. The highest BCUT2D eigenvalue weighted by atomic mass is 14.8. The average Bonchev–Trinajstić information content (AvgIpc) is 2.18. The first-order valence-corrected chi connectivity index (χ1v) is 4.84. The molecule has 0 spiro atoms. The van der Waals surface area contributed by atoms with Crippen LogP contribution in [0.15, 0.2) is 24.5 Å². The van der Waals surface area contributed by atoms with E-state index >= 15 is 0 Å². The second-order valence-electron chi connectivity index (χ2n) is 3.50. The summed E-state index contributed by atoms with van der Waals surface area (Å²) in [5.41, 5.74) is 8.86. The number of hydrogen-bond acceptors (Lipinski definition) is 3. The van der Waals surface area contributed by atoms with Crippen LogP contribution in [0.2, 0.25) is 0 Å². The van der Waals surface area contributed by atoms with Crippen LogP contribution in [0, 0.1) is 6.92 Å². The summed E-state index contributed by atoms with van der Waals surface area (Å²) in [6, 6.07) is -0.0736. The molecule has 2 N–H and O–H groups in total. The molecule has 1 heterocycles. The number of nitrogens with zero attached hydrogens (tertiary/aromatic N) is 2. The summed E-state index contributed by atoms with van der Waals surface area (Å²) in [6.45, 7) is 7.92. The van der Waals surface area contributed by atoms with Gasteiger partial charge >= 0.3 is 0 Å². The molecule has 3 heteroatoms. The first-order chi connectivity index (χ1) is 6.63. The molecular formula is C11H17N3. The van der Waals surface area contributed by atoms with E-state index in [1.165, 1.54) is 0 Å². The smallest absolute Gasteiger partial charge is 0.0757 e. The summed E-state index contributed by atoms with van der Waals surface area (Å²) in [6.07, 6.45) is 5.23. The van der Waals surface area contributed by atoms with Crippen molar-refractivity contribution in [3.63, 3.8) is 0 Å². The zero-order valence-corrected chi connectivity index (χ0v) is 8.83. The molecule has 0 aliphatic carbocycles. The van der Waals surface area contributed by atoms with Crippen molar-refractivity contribution in [1.29, 1.82) is 0 Å². The number of aromatic nitrogens is 2. The third-order valence-electron chi connectivity index (χ3n) is 2.19. The maximum atomic E-state index is 5.96. The summed E-state index contributed by atoms with van der Waals surface area (Å²) in [7, 11) is 0. The van der Waals surface area contributed by atoms with Gasteiger partial charge in [0.15, 0.2) is 0 Å². The van der Waals surface area contributed by atoms with Gasteiger partial charge in [-0.15, -0.1) is 0 Å². The van der Waals surface area contributed by atoms with Crippen LogP contribution in [-0.2, 0) is 0 Å². The van der Waals surface area contributed by atoms with Crippen LogP contribution in [0.3, 0.4) is 0 Å². The lowest BCUT2D eigenvalue weighted by Gasteiger charge is -2.11. The van der Waals surface area contributed by atoms with Crippen LogP contribution >= 0.6 is 0 Å². The lowest BCUT2D eigenvalue weighted by atomic mass is 10.0. The van der Waals surface area contributed by atoms with Gasteiger partial charge in [-0.05, 0) is 19.8 Å². The minimum atomic E-state index is -0.0736. The number of nitrogens with two attached hydrogens (primary N) is 1. The van der Waals surface area contributed by atoms with Gasteiger partial charge in [-0.3, -0.25) is 9.97 Å². The van der Waals surface area contributed by atoms with Gasteiger partial charge in [0, 0.05) is 6.20 Å². The van der Waals surface area contributed by atoms with E-state index in [-0.39, 0.29) is 6.04 Å². The van der Waals surface area contributed by atoms with Crippen molar-refractivity contribution in [3.8, 4) is 0 Å². The second kappa shape index (κ2) is 4.86. The van der Waals surface area contributed by atoms with Crippen LogP contribution in [0.5, 0.6) is 0 Å². The quantitative estimate of drug-likeness (QED) is 0.742. The minimum Gasteiger partial charge on any atom is -0.322 e. The first-order valence-electron chi connectivity index (χ1n) is 4.84. The fraction of sp³-hybridized carbons (Fsp3) is 0.455. The first kappa shape index (κ1) is 10.9. The molecule has 1 rings (SSSR count). The van der Waals surface area contributed by atoms with Crippen molar-refractivity contribution < 1.29 is 0 Å². The Balaban J connectivity index is 2.65. The molecule has 0 fully saturated rings. The molecule has 0 aromatic carbocycles. The van der Waals surface area contributed by atoms with E-state index < -0.39 is 0 Å². The Kier molecular flexibility index (Phi) is 3.77. The number of rotatable bonds is 4. The van der Waals surface area contributed by atoms with Crippen LogP contribution in [0.1, 0.15) is 37.2 Å². The molecule has 1 aromatic heterocycles. The van der Waals surface area contributed by atoms with Crippen molar-refractivity contribution in [3.05, 3.63) is 35.9 Å². The van der Waals surface area contributed by atoms with Crippen LogP contribution < -0.4 is 5.73 Å². The fourth-order valence-electron chi connectivity index (χ4n) is 1.15. The molecule has 0 saturated heterocycles. The standard InChI is InChI=1S/C11H17N3/c1-4-8(2)5-10(12)11-7-13-9(3)6-14-11/h6-7,10H,2,4-5,12H2,1,3H3. The van der Waals surface area contributed by atoms with Gasteiger partial charge < -0.3 is 5.73 Å². The van der Waals surface area contributed by atoms with Gasteiger partial charge in [-0.1, -0.05) is 19.1 Å². The van der Waals surface area contributed by atoms with E-state index in [9.17, 15) is 0 Å². The van der Waals surface area contributed by atoms with Crippen molar-refractivity contribution >= 4 is 0 Å². The zero-order chi connectivity index (χ0) is 10.6. The van der Waals surface area contributed by atoms with E-state index in [1.807, 2.05) is 6.92 Å². The summed E-state index contributed by atoms with van der Waals surface area (Å²) >= 11 is 0. The van der Waals surface area contributed by atoms with Crippen molar-refractivity contribution in [1.82, 2.24) is 9.97 Å². The molecule has 0 amide bonds. The number of aryl methyl sites for hydroxylation is 1. The fourth-order valence-corrected chi connectivity index (χ4v) is 1.15. The highest BCUT2D eigenvalue weighted by Crippen LogP contribution is 2.16. The molecule has 1 unspecified atom stereocenters. The van der Waals surface area contributed by atoms with Crippen LogP contribution in [0.4, 0.5) is 0 Å². The van der Waals surface area contributed by atoms with Gasteiger partial charge in [0.05, 0.1) is 23.6 Å². The summed E-state index contributed by atoms with van der Waals surface area (Å²) in [5, 5.41) is 0. The molecule has 1 aromatic rings. The van der Waals surface area contributed by atoms with Gasteiger partial charge in [-0.2, -0.15) is 0 Å². The predicted molar refractivity (Wildman–Crippen MR) is 57.7 cm³/mol. The van der Waals surface area contributed by atoms with Crippen LogP contribution in [0.25, 0.3) is 0 Å². The highest BCUT2D eigenvalue weighted by Gasteiger charge is 2.08. The van der Waals surface area contributed by atoms with Gasteiger partial charge in [0.2, 0.25) is 0 Å². The molecule has 0 aliphatic rings. The molecular weight excluding hydrogens is 174 g/mol. The summed E-state index contributed by atoms with van der Waals surface area (Å²) in [5.74, 6) is 0. The van der Waals surface area contributed by atoms with Crippen molar-refractivity contribution in [2.75, 3.05) is 0 Å². The normalized spacial score (nSPS) is 12.5. The Morgan fingerprint density at radius 2 is 2.21 bits per heavy atom. The Hall–Kier alpha value is -1.22. The monoisotopic (exact) mass is 191 g/mol. The molecule has 76 valence electrons. The maximum Gasteiger partial charge on any atom is 0.0757 e. The van der Waals surface area contributed by atoms with Gasteiger partial charge in [-0.25, -0.2) is 0 Å². The van der Waals surface area contributed by atoms with E-state index in [2.05, 4.69) is 23.5 Å². The second-order valence-corrected chi connectivity index (χ2v) is 3.50. The summed E-state index contributed by atoms with van der Waals surface area (Å²) in [4.78, 5) is 8.40. The van der Waals surface area contributed by atoms with E-state index in [4.69, 9.17) is 5.73 Å². The molecule has 1 atom stereocenters. The largest absolute Gasteiger partial charge is 0.322 e. The highest BCUT2D eigenvalue weighted by molar-refractivity contribution is 5.09. The molecule has 0 bridgehead atoms. The minimum absolute atomic E-state index is 0.0736. The average molecular weight is 191 g/mol.